The van der Waals surface area contributed by atoms with E-state index < -0.39 is 0 Å². The van der Waals surface area contributed by atoms with Gasteiger partial charge < -0.3 is 0 Å². The van der Waals surface area contributed by atoms with E-state index in [1.54, 1.807) is 12.3 Å². The van der Waals surface area contributed by atoms with Crippen LogP contribution in [0.1, 0.15) is 26.0 Å². The smallest absolute Gasteiger partial charge is 0.0623 e. The van der Waals surface area contributed by atoms with Gasteiger partial charge in [-0.1, -0.05) is 32.9 Å². The molecule has 0 bridgehead atoms. The average Bonchev–Trinajstić information content (AvgIpc) is 2.08. The van der Waals surface area contributed by atoms with Crippen molar-refractivity contribution >= 4 is 6.08 Å². The van der Waals surface area contributed by atoms with Gasteiger partial charge in [0.1, 0.15) is 0 Å². The van der Waals surface area contributed by atoms with Crippen molar-refractivity contribution in [2.75, 3.05) is 0 Å². The monoisotopic (exact) mass is 149 g/mol. The van der Waals surface area contributed by atoms with Crippen LogP contribution in [0.15, 0.2) is 31.0 Å². The minimum atomic E-state index is 0.924. The van der Waals surface area contributed by atoms with Crippen LogP contribution < -0.4 is 0 Å². The zero-order chi connectivity index (χ0) is 8.53. The largest absolute Gasteiger partial charge is 0.257 e. The number of rotatable bonds is 1. The van der Waals surface area contributed by atoms with Gasteiger partial charge in [0.05, 0.1) is 5.69 Å². The van der Waals surface area contributed by atoms with Crippen molar-refractivity contribution in [2.45, 2.75) is 20.3 Å². The minimum absolute atomic E-state index is 0.924. The van der Waals surface area contributed by atoms with E-state index in [1.807, 2.05) is 18.2 Å². The van der Waals surface area contributed by atoms with Gasteiger partial charge in [-0.25, -0.2) is 0 Å². The molecular formula is C10H15N. The molecule has 1 heteroatoms. The van der Waals surface area contributed by atoms with Gasteiger partial charge in [0, 0.05) is 6.20 Å². The summed E-state index contributed by atoms with van der Waals surface area (Å²) in [5, 5.41) is 0. The van der Waals surface area contributed by atoms with E-state index in [2.05, 4.69) is 25.4 Å². The Bertz CT molecular complexity index is 179. The van der Waals surface area contributed by atoms with Crippen molar-refractivity contribution in [1.82, 2.24) is 4.98 Å². The third-order valence-electron chi connectivity index (χ3n) is 0.897. The summed E-state index contributed by atoms with van der Waals surface area (Å²) >= 11 is 0. The van der Waals surface area contributed by atoms with Gasteiger partial charge in [0.2, 0.25) is 0 Å². The molecule has 0 aliphatic heterocycles. The molecule has 1 rings (SSSR count). The van der Waals surface area contributed by atoms with Crippen molar-refractivity contribution in [3.8, 4) is 0 Å². The van der Waals surface area contributed by atoms with Gasteiger partial charge in [-0.15, -0.1) is 0 Å². The Kier molecular flexibility index (Phi) is 6.30. The molecule has 1 aromatic heterocycles. The van der Waals surface area contributed by atoms with Gasteiger partial charge >= 0.3 is 0 Å². The first-order valence-electron chi connectivity index (χ1n) is 3.88. The number of hydrogen-bond acceptors (Lipinski definition) is 1. The topological polar surface area (TPSA) is 12.9 Å². The fraction of sp³-hybridized carbons (Fsp3) is 0.300. The highest BCUT2D eigenvalue weighted by atomic mass is 14.6. The molecule has 0 N–H and O–H groups in total. The lowest BCUT2D eigenvalue weighted by Crippen LogP contribution is -1.73. The van der Waals surface area contributed by atoms with E-state index in [1.165, 1.54) is 6.42 Å². The Morgan fingerprint density at radius 3 is 2.36 bits per heavy atom. The first-order valence-corrected chi connectivity index (χ1v) is 3.88. The highest BCUT2D eigenvalue weighted by Gasteiger charge is 1.77. The van der Waals surface area contributed by atoms with Gasteiger partial charge in [-0.2, -0.15) is 0 Å². The van der Waals surface area contributed by atoms with E-state index in [0.29, 0.717) is 0 Å². The third-order valence-corrected chi connectivity index (χ3v) is 0.897. The summed E-state index contributed by atoms with van der Waals surface area (Å²) in [6, 6.07) is 5.73. The number of hydrogen-bond donors (Lipinski definition) is 0. The van der Waals surface area contributed by atoms with Crippen LogP contribution in [-0.2, 0) is 0 Å². The van der Waals surface area contributed by atoms with Crippen molar-refractivity contribution in [3.63, 3.8) is 0 Å². The summed E-state index contributed by atoms with van der Waals surface area (Å²) in [6.07, 6.45) is 4.72. The predicted octanol–water partition coefficient (Wildman–Crippen LogP) is 3.14. The summed E-state index contributed by atoms with van der Waals surface area (Å²) in [6.45, 7) is 7.82. The van der Waals surface area contributed by atoms with E-state index in [4.69, 9.17) is 0 Å². The minimum Gasteiger partial charge on any atom is -0.257 e. The highest BCUT2D eigenvalue weighted by molar-refractivity contribution is 5.40. The summed E-state index contributed by atoms with van der Waals surface area (Å²) in [5.74, 6) is 0. The molecule has 0 aromatic carbocycles. The fourth-order valence-corrected chi connectivity index (χ4v) is 0.497. The molecule has 1 aromatic rings. The lowest BCUT2D eigenvalue weighted by molar-refractivity contribution is 1.09. The Hall–Kier alpha value is -1.11. The summed E-state index contributed by atoms with van der Waals surface area (Å²) < 4.78 is 0. The average molecular weight is 149 g/mol. The Morgan fingerprint density at radius 2 is 2.09 bits per heavy atom. The maximum atomic E-state index is 3.98. The van der Waals surface area contributed by atoms with Crippen LogP contribution in [0, 0.1) is 0 Å². The van der Waals surface area contributed by atoms with Crippen LogP contribution in [0.4, 0.5) is 0 Å². The molecule has 0 radical (unpaired) electrons. The molecule has 0 unspecified atom stereocenters. The maximum absolute atomic E-state index is 3.98. The molecule has 60 valence electrons. The van der Waals surface area contributed by atoms with Crippen LogP contribution in [0.2, 0.25) is 0 Å². The Balaban J connectivity index is 0.000000292. The molecule has 1 nitrogen and oxygen atoms in total. The first kappa shape index (κ1) is 9.89. The van der Waals surface area contributed by atoms with Crippen molar-refractivity contribution in [3.05, 3.63) is 36.7 Å². The lowest BCUT2D eigenvalue weighted by atomic mass is 10.4. The quantitative estimate of drug-likeness (QED) is 0.597. The van der Waals surface area contributed by atoms with E-state index >= 15 is 0 Å². The Morgan fingerprint density at radius 1 is 1.45 bits per heavy atom. The van der Waals surface area contributed by atoms with Gasteiger partial charge in [0.25, 0.3) is 0 Å². The van der Waals surface area contributed by atoms with Crippen LogP contribution in [0.25, 0.3) is 6.08 Å². The molecule has 0 saturated heterocycles. The molecule has 0 amide bonds. The van der Waals surface area contributed by atoms with Crippen LogP contribution in [0.5, 0.6) is 0 Å². The van der Waals surface area contributed by atoms with Crippen LogP contribution in [-0.4, -0.2) is 4.98 Å². The van der Waals surface area contributed by atoms with Gasteiger partial charge in [-0.3, -0.25) is 4.98 Å². The van der Waals surface area contributed by atoms with E-state index in [-0.39, 0.29) is 0 Å². The third kappa shape index (κ3) is 5.34. The number of nitrogens with zero attached hydrogens (tertiary/aromatic N) is 1. The van der Waals surface area contributed by atoms with Crippen molar-refractivity contribution in [1.29, 1.82) is 0 Å². The van der Waals surface area contributed by atoms with E-state index in [0.717, 1.165) is 5.69 Å². The fourth-order valence-electron chi connectivity index (χ4n) is 0.497. The molecule has 0 aliphatic rings. The normalized spacial score (nSPS) is 7.82. The van der Waals surface area contributed by atoms with E-state index in [9.17, 15) is 0 Å². The van der Waals surface area contributed by atoms with Crippen molar-refractivity contribution < 1.29 is 0 Å². The SMILES string of the molecule is C=Cc1ccccn1.CCC. The second-order valence-corrected chi connectivity index (χ2v) is 2.17. The molecule has 0 atom stereocenters. The molecule has 0 aliphatic carbocycles. The van der Waals surface area contributed by atoms with Gasteiger partial charge in [-0.05, 0) is 18.2 Å². The van der Waals surface area contributed by atoms with Crippen molar-refractivity contribution in [2.24, 2.45) is 0 Å². The first-order chi connectivity index (χ1) is 5.35. The lowest BCUT2D eigenvalue weighted by Gasteiger charge is -1.84. The van der Waals surface area contributed by atoms with Gasteiger partial charge in [0.15, 0.2) is 0 Å². The number of aromatic nitrogens is 1. The molecule has 0 spiro atoms. The summed E-state index contributed by atoms with van der Waals surface area (Å²) in [4.78, 5) is 3.98. The molecule has 11 heavy (non-hydrogen) atoms. The highest BCUT2D eigenvalue weighted by Crippen LogP contribution is 1.91. The standard InChI is InChI=1S/C7H7N.C3H8/c1-2-7-5-3-4-6-8-7;1-3-2/h2-6H,1H2;3H2,1-2H3. The molecule has 1 heterocycles. The zero-order valence-corrected chi connectivity index (χ0v) is 7.25. The Labute approximate surface area is 68.8 Å². The predicted molar refractivity (Wildman–Crippen MR) is 50.3 cm³/mol. The number of pyridine rings is 1. The van der Waals surface area contributed by atoms with Crippen LogP contribution >= 0.6 is 0 Å². The second-order valence-electron chi connectivity index (χ2n) is 2.17. The maximum Gasteiger partial charge on any atom is 0.0623 e. The second kappa shape index (κ2) is 7.00. The van der Waals surface area contributed by atoms with Crippen LogP contribution in [0.3, 0.4) is 0 Å². The molecule has 0 fully saturated rings. The summed E-state index contributed by atoms with van der Waals surface area (Å²) in [5.41, 5.74) is 0.924. The summed E-state index contributed by atoms with van der Waals surface area (Å²) in [7, 11) is 0. The molecular weight excluding hydrogens is 134 g/mol. The molecule has 0 saturated carbocycles. The zero-order valence-electron chi connectivity index (χ0n) is 7.25.